The van der Waals surface area contributed by atoms with Crippen LogP contribution in [-0.4, -0.2) is 39.1 Å². The Morgan fingerprint density at radius 3 is 2.48 bits per heavy atom. The lowest BCUT2D eigenvalue weighted by Crippen LogP contribution is -2.38. The number of hydrogen-bond donors (Lipinski definition) is 1. The second-order valence-electron chi connectivity index (χ2n) is 6.22. The first kappa shape index (κ1) is 20.3. The molecular weight excluding hydrogens is 344 g/mol. The van der Waals surface area contributed by atoms with Gasteiger partial charge < -0.3 is 19.7 Å². The Morgan fingerprint density at radius 2 is 1.85 bits per heavy atom. The van der Waals surface area contributed by atoms with Crippen molar-refractivity contribution < 1.29 is 19.1 Å². The number of carbonyl (C=O) groups excluding carboxylic acids is 2. The molecule has 2 aromatic carbocycles. The molecule has 0 saturated carbocycles. The summed E-state index contributed by atoms with van der Waals surface area (Å²) in [6.45, 7) is 4.14. The summed E-state index contributed by atoms with van der Waals surface area (Å²) in [5, 5.41) is 2.87. The lowest BCUT2D eigenvalue weighted by molar-refractivity contribution is -0.121. The molecule has 2 rings (SSSR count). The molecule has 0 fully saturated rings. The normalized spacial score (nSPS) is 10.2. The van der Waals surface area contributed by atoms with Gasteiger partial charge in [0.15, 0.2) is 0 Å². The van der Waals surface area contributed by atoms with Crippen LogP contribution in [0.25, 0.3) is 0 Å². The summed E-state index contributed by atoms with van der Waals surface area (Å²) in [5.41, 5.74) is 2.69. The molecule has 2 aromatic rings. The van der Waals surface area contributed by atoms with Gasteiger partial charge in [-0.1, -0.05) is 29.8 Å². The van der Waals surface area contributed by atoms with Crippen molar-refractivity contribution in [3.8, 4) is 11.5 Å². The SMILES string of the molecule is COc1ccc(OC)c(N(CCNC(=O)Cc2cccc(C)c2)C(C)=O)c1. The van der Waals surface area contributed by atoms with E-state index >= 15 is 0 Å². The maximum Gasteiger partial charge on any atom is 0.224 e. The molecule has 0 spiro atoms. The number of carbonyl (C=O) groups is 2. The maximum atomic E-state index is 12.2. The Labute approximate surface area is 160 Å². The number of benzene rings is 2. The molecule has 0 unspecified atom stereocenters. The average molecular weight is 370 g/mol. The summed E-state index contributed by atoms with van der Waals surface area (Å²) in [7, 11) is 3.11. The first-order valence-corrected chi connectivity index (χ1v) is 8.77. The van der Waals surface area contributed by atoms with Crippen LogP contribution in [-0.2, 0) is 16.0 Å². The highest BCUT2D eigenvalue weighted by Crippen LogP contribution is 2.32. The highest BCUT2D eigenvalue weighted by Gasteiger charge is 2.17. The molecule has 6 heteroatoms. The molecule has 1 N–H and O–H groups in total. The van der Waals surface area contributed by atoms with Gasteiger partial charge in [-0.05, 0) is 24.6 Å². The second kappa shape index (κ2) is 9.62. The third kappa shape index (κ3) is 5.74. The fraction of sp³-hybridized carbons (Fsp3) is 0.333. The number of nitrogens with zero attached hydrogens (tertiary/aromatic N) is 1. The zero-order valence-electron chi connectivity index (χ0n) is 16.2. The molecule has 0 aliphatic carbocycles. The fourth-order valence-electron chi connectivity index (χ4n) is 2.83. The molecule has 0 aromatic heterocycles. The van der Waals surface area contributed by atoms with Crippen molar-refractivity contribution in [3.63, 3.8) is 0 Å². The van der Waals surface area contributed by atoms with Crippen molar-refractivity contribution in [2.45, 2.75) is 20.3 Å². The van der Waals surface area contributed by atoms with E-state index in [1.165, 1.54) is 6.92 Å². The van der Waals surface area contributed by atoms with Crippen molar-refractivity contribution in [3.05, 3.63) is 53.6 Å². The molecule has 0 atom stereocenters. The molecule has 0 aliphatic rings. The van der Waals surface area contributed by atoms with Crippen LogP contribution in [0.2, 0.25) is 0 Å². The van der Waals surface area contributed by atoms with E-state index in [1.807, 2.05) is 31.2 Å². The van der Waals surface area contributed by atoms with E-state index in [2.05, 4.69) is 5.32 Å². The second-order valence-corrected chi connectivity index (χ2v) is 6.22. The highest BCUT2D eigenvalue weighted by molar-refractivity contribution is 5.93. The Bertz CT molecular complexity index is 805. The average Bonchev–Trinajstić information content (AvgIpc) is 2.64. The van der Waals surface area contributed by atoms with Crippen LogP contribution in [0.15, 0.2) is 42.5 Å². The van der Waals surface area contributed by atoms with Crippen LogP contribution in [0.5, 0.6) is 11.5 Å². The van der Waals surface area contributed by atoms with E-state index in [0.717, 1.165) is 11.1 Å². The standard InChI is InChI=1S/C21H26N2O4/c1-15-6-5-7-17(12-15)13-21(25)22-10-11-23(16(2)24)19-14-18(26-3)8-9-20(19)27-4/h5-9,12,14H,10-11,13H2,1-4H3,(H,22,25). The Morgan fingerprint density at radius 1 is 1.07 bits per heavy atom. The van der Waals surface area contributed by atoms with E-state index in [1.54, 1.807) is 37.3 Å². The topological polar surface area (TPSA) is 67.9 Å². The molecule has 0 bridgehead atoms. The van der Waals surface area contributed by atoms with Crippen molar-refractivity contribution in [1.82, 2.24) is 5.32 Å². The van der Waals surface area contributed by atoms with E-state index in [9.17, 15) is 9.59 Å². The van der Waals surface area contributed by atoms with Crippen molar-refractivity contribution in [2.24, 2.45) is 0 Å². The predicted molar refractivity (Wildman–Crippen MR) is 105 cm³/mol. The minimum Gasteiger partial charge on any atom is -0.497 e. The van der Waals surface area contributed by atoms with E-state index in [0.29, 0.717) is 36.7 Å². The summed E-state index contributed by atoms with van der Waals surface area (Å²) in [6, 6.07) is 13.1. The van der Waals surface area contributed by atoms with Crippen LogP contribution < -0.4 is 19.7 Å². The predicted octanol–water partition coefficient (Wildman–Crippen LogP) is 2.72. The minimum atomic E-state index is -0.144. The van der Waals surface area contributed by atoms with E-state index < -0.39 is 0 Å². The van der Waals surface area contributed by atoms with Crippen LogP contribution in [0.4, 0.5) is 5.69 Å². The van der Waals surface area contributed by atoms with Crippen molar-refractivity contribution in [1.29, 1.82) is 0 Å². The summed E-state index contributed by atoms with van der Waals surface area (Å²) in [5.74, 6) is 0.966. The van der Waals surface area contributed by atoms with Crippen molar-refractivity contribution >= 4 is 17.5 Å². The third-order valence-corrected chi connectivity index (χ3v) is 4.16. The van der Waals surface area contributed by atoms with Gasteiger partial charge in [-0.3, -0.25) is 9.59 Å². The number of anilines is 1. The number of ether oxygens (including phenoxy) is 2. The van der Waals surface area contributed by atoms with Crippen LogP contribution in [0, 0.1) is 6.92 Å². The highest BCUT2D eigenvalue weighted by atomic mass is 16.5. The largest absolute Gasteiger partial charge is 0.497 e. The number of rotatable bonds is 8. The molecular formula is C21H26N2O4. The van der Waals surface area contributed by atoms with E-state index in [-0.39, 0.29) is 11.8 Å². The minimum absolute atomic E-state index is 0.0818. The summed E-state index contributed by atoms with van der Waals surface area (Å²) >= 11 is 0. The summed E-state index contributed by atoms with van der Waals surface area (Å²) in [6.07, 6.45) is 0.310. The first-order chi connectivity index (χ1) is 12.9. The van der Waals surface area contributed by atoms with Crippen molar-refractivity contribution in [2.75, 3.05) is 32.2 Å². The lowest BCUT2D eigenvalue weighted by Gasteiger charge is -2.24. The van der Waals surface area contributed by atoms with Crippen LogP contribution in [0.1, 0.15) is 18.1 Å². The molecule has 144 valence electrons. The Balaban J connectivity index is 2.01. The molecule has 27 heavy (non-hydrogen) atoms. The van der Waals surface area contributed by atoms with Crippen LogP contribution >= 0.6 is 0 Å². The number of methoxy groups -OCH3 is 2. The molecule has 0 heterocycles. The zero-order valence-corrected chi connectivity index (χ0v) is 16.2. The molecule has 0 saturated heterocycles. The van der Waals surface area contributed by atoms with Crippen LogP contribution in [0.3, 0.4) is 0 Å². The number of hydrogen-bond acceptors (Lipinski definition) is 4. The first-order valence-electron chi connectivity index (χ1n) is 8.77. The number of nitrogens with one attached hydrogen (secondary N) is 1. The van der Waals surface area contributed by atoms with E-state index in [4.69, 9.17) is 9.47 Å². The smallest absolute Gasteiger partial charge is 0.224 e. The van der Waals surface area contributed by atoms with Gasteiger partial charge in [0.1, 0.15) is 11.5 Å². The van der Waals surface area contributed by atoms with Gasteiger partial charge >= 0.3 is 0 Å². The quantitative estimate of drug-likeness (QED) is 0.776. The molecule has 0 aliphatic heterocycles. The van der Waals surface area contributed by atoms with Gasteiger partial charge in [-0.15, -0.1) is 0 Å². The summed E-state index contributed by atoms with van der Waals surface area (Å²) in [4.78, 5) is 25.9. The Hall–Kier alpha value is -3.02. The number of amides is 2. The molecule has 2 amide bonds. The lowest BCUT2D eigenvalue weighted by atomic mass is 10.1. The Kier molecular flexibility index (Phi) is 7.23. The molecule has 6 nitrogen and oxygen atoms in total. The summed E-state index contributed by atoms with van der Waals surface area (Å²) < 4.78 is 10.6. The van der Waals surface area contributed by atoms with Gasteiger partial charge in [-0.2, -0.15) is 0 Å². The fourth-order valence-corrected chi connectivity index (χ4v) is 2.83. The van der Waals surface area contributed by atoms with Gasteiger partial charge in [0.05, 0.1) is 26.3 Å². The van der Waals surface area contributed by atoms with Gasteiger partial charge in [-0.25, -0.2) is 0 Å². The number of aryl methyl sites for hydroxylation is 1. The van der Waals surface area contributed by atoms with Gasteiger partial charge in [0.2, 0.25) is 11.8 Å². The molecule has 0 radical (unpaired) electrons. The van der Waals surface area contributed by atoms with Gasteiger partial charge in [0.25, 0.3) is 0 Å². The zero-order chi connectivity index (χ0) is 19.8. The van der Waals surface area contributed by atoms with Gasteiger partial charge in [0, 0.05) is 26.1 Å². The maximum absolute atomic E-state index is 12.2. The monoisotopic (exact) mass is 370 g/mol. The third-order valence-electron chi connectivity index (χ3n) is 4.16.